The second-order valence-electron chi connectivity index (χ2n) is 6.64. The first kappa shape index (κ1) is 14.8. The summed E-state index contributed by atoms with van der Waals surface area (Å²) in [5, 5.41) is 0. The van der Waals surface area contributed by atoms with Crippen LogP contribution < -0.4 is 5.73 Å². The van der Waals surface area contributed by atoms with E-state index in [1.54, 1.807) is 0 Å². The number of carbonyl (C=O) groups excluding carboxylic acids is 1. The molecule has 2 unspecified atom stereocenters. The minimum absolute atomic E-state index is 0.169. The van der Waals surface area contributed by atoms with Gasteiger partial charge in [0.2, 0.25) is 5.91 Å². The van der Waals surface area contributed by atoms with E-state index in [1.807, 2.05) is 18.7 Å². The van der Waals surface area contributed by atoms with Crippen molar-refractivity contribution in [1.82, 2.24) is 9.80 Å². The third-order valence-corrected chi connectivity index (χ3v) is 5.22. The summed E-state index contributed by atoms with van der Waals surface area (Å²) in [6.45, 7) is 12.6. The van der Waals surface area contributed by atoms with E-state index in [1.165, 1.54) is 0 Å². The average Bonchev–Trinajstić information content (AvgIpc) is 2.94. The van der Waals surface area contributed by atoms with Crippen LogP contribution in [0.5, 0.6) is 0 Å². The van der Waals surface area contributed by atoms with Crippen molar-refractivity contribution in [2.45, 2.75) is 52.1 Å². The van der Waals surface area contributed by atoms with Crippen LogP contribution >= 0.6 is 0 Å². The molecule has 0 saturated carbocycles. The summed E-state index contributed by atoms with van der Waals surface area (Å²) in [5.41, 5.74) is 5.60. The van der Waals surface area contributed by atoms with Crippen LogP contribution in [-0.4, -0.2) is 53.5 Å². The first-order valence-electron chi connectivity index (χ1n) is 7.73. The fourth-order valence-corrected chi connectivity index (χ4v) is 3.48. The van der Waals surface area contributed by atoms with Gasteiger partial charge >= 0.3 is 0 Å². The Morgan fingerprint density at radius 1 is 1.16 bits per heavy atom. The molecule has 1 amide bonds. The molecule has 2 heterocycles. The average molecular weight is 267 g/mol. The van der Waals surface area contributed by atoms with Gasteiger partial charge in [0, 0.05) is 32.2 Å². The fraction of sp³-hybridized carbons (Fsp3) is 0.933. The lowest BCUT2D eigenvalue weighted by Gasteiger charge is -2.32. The molecule has 0 aromatic rings. The highest BCUT2D eigenvalue weighted by atomic mass is 16.2. The summed E-state index contributed by atoms with van der Waals surface area (Å²) in [7, 11) is 0. The molecule has 2 rings (SSSR count). The highest BCUT2D eigenvalue weighted by Gasteiger charge is 2.45. The van der Waals surface area contributed by atoms with E-state index in [2.05, 4.69) is 18.7 Å². The molecule has 0 aromatic heterocycles. The highest BCUT2D eigenvalue weighted by Crippen LogP contribution is 2.33. The normalized spacial score (nSPS) is 28.2. The Bertz CT molecular complexity index is 324. The number of hydrogen-bond donors (Lipinski definition) is 1. The van der Waals surface area contributed by atoms with E-state index >= 15 is 0 Å². The van der Waals surface area contributed by atoms with Crippen LogP contribution in [0, 0.1) is 11.8 Å². The van der Waals surface area contributed by atoms with Crippen LogP contribution in [0.2, 0.25) is 0 Å². The van der Waals surface area contributed by atoms with E-state index in [-0.39, 0.29) is 5.91 Å². The Morgan fingerprint density at radius 3 is 2.00 bits per heavy atom. The van der Waals surface area contributed by atoms with Crippen molar-refractivity contribution in [3.8, 4) is 0 Å². The summed E-state index contributed by atoms with van der Waals surface area (Å²) in [6, 6.07) is 0.620. The number of amides is 1. The van der Waals surface area contributed by atoms with Gasteiger partial charge in [0.05, 0.1) is 5.54 Å². The molecule has 0 bridgehead atoms. The molecule has 2 N–H and O–H groups in total. The van der Waals surface area contributed by atoms with Crippen LogP contribution in [0.15, 0.2) is 0 Å². The molecule has 0 aromatic carbocycles. The lowest BCUT2D eigenvalue weighted by Crippen LogP contribution is -2.54. The minimum atomic E-state index is -0.642. The molecule has 4 heteroatoms. The van der Waals surface area contributed by atoms with Crippen molar-refractivity contribution in [3.63, 3.8) is 0 Å². The minimum Gasteiger partial charge on any atom is -0.340 e. The molecule has 2 aliphatic heterocycles. The second-order valence-corrected chi connectivity index (χ2v) is 6.64. The van der Waals surface area contributed by atoms with Crippen molar-refractivity contribution >= 4 is 5.91 Å². The van der Waals surface area contributed by atoms with Crippen molar-refractivity contribution in [2.75, 3.05) is 26.2 Å². The number of nitrogens with zero attached hydrogens (tertiary/aromatic N) is 2. The number of rotatable bonds is 4. The summed E-state index contributed by atoms with van der Waals surface area (Å²) < 4.78 is 0. The molecule has 19 heavy (non-hydrogen) atoms. The maximum Gasteiger partial charge on any atom is 0.242 e. The lowest BCUT2D eigenvalue weighted by atomic mass is 9.92. The SMILES string of the molecule is CCC(N)(CC)C(=O)N1CC2CN(C(C)C)CC2C1. The van der Waals surface area contributed by atoms with Gasteiger partial charge in [-0.2, -0.15) is 0 Å². The van der Waals surface area contributed by atoms with E-state index < -0.39 is 5.54 Å². The van der Waals surface area contributed by atoms with E-state index in [0.29, 0.717) is 17.9 Å². The molecule has 0 aliphatic carbocycles. The van der Waals surface area contributed by atoms with Crippen LogP contribution in [0.4, 0.5) is 0 Å². The van der Waals surface area contributed by atoms with Gasteiger partial charge in [0.1, 0.15) is 0 Å². The molecule has 0 spiro atoms. The molecular formula is C15H29N3O. The molecule has 4 nitrogen and oxygen atoms in total. The maximum absolute atomic E-state index is 12.6. The fourth-order valence-electron chi connectivity index (χ4n) is 3.48. The number of carbonyl (C=O) groups is 1. The standard InChI is InChI=1S/C15H29N3O/c1-5-15(16,6-2)14(19)18-9-12-7-17(11(3)4)8-13(12)10-18/h11-13H,5-10,16H2,1-4H3. The van der Waals surface area contributed by atoms with Crippen molar-refractivity contribution < 1.29 is 4.79 Å². The maximum atomic E-state index is 12.6. The zero-order chi connectivity index (χ0) is 14.2. The highest BCUT2D eigenvalue weighted by molar-refractivity contribution is 5.86. The molecule has 2 atom stereocenters. The molecule has 110 valence electrons. The molecule has 2 aliphatic rings. The van der Waals surface area contributed by atoms with Crippen LogP contribution in [-0.2, 0) is 4.79 Å². The summed E-state index contributed by atoms with van der Waals surface area (Å²) in [6.07, 6.45) is 1.46. The molecule has 2 fully saturated rings. The topological polar surface area (TPSA) is 49.6 Å². The Hall–Kier alpha value is -0.610. The third kappa shape index (κ3) is 2.65. The predicted molar refractivity (Wildman–Crippen MR) is 77.8 cm³/mol. The lowest BCUT2D eigenvalue weighted by molar-refractivity contribution is -0.136. The van der Waals surface area contributed by atoms with Crippen LogP contribution in [0.3, 0.4) is 0 Å². The van der Waals surface area contributed by atoms with Crippen LogP contribution in [0.1, 0.15) is 40.5 Å². The Balaban J connectivity index is 1.97. The zero-order valence-corrected chi connectivity index (χ0v) is 12.9. The number of fused-ring (bicyclic) bond motifs is 1. The molecule has 2 saturated heterocycles. The Morgan fingerprint density at radius 2 is 1.63 bits per heavy atom. The van der Waals surface area contributed by atoms with Gasteiger partial charge in [0.25, 0.3) is 0 Å². The summed E-state index contributed by atoms with van der Waals surface area (Å²) in [5.74, 6) is 1.48. The van der Waals surface area contributed by atoms with Gasteiger partial charge in [-0.25, -0.2) is 0 Å². The van der Waals surface area contributed by atoms with Gasteiger partial charge in [-0.05, 0) is 38.5 Å². The van der Waals surface area contributed by atoms with E-state index in [0.717, 1.165) is 39.0 Å². The summed E-state index contributed by atoms with van der Waals surface area (Å²) in [4.78, 5) is 17.1. The number of hydrogen-bond acceptors (Lipinski definition) is 3. The quantitative estimate of drug-likeness (QED) is 0.835. The Labute approximate surface area is 117 Å². The summed E-state index contributed by atoms with van der Waals surface area (Å²) >= 11 is 0. The van der Waals surface area contributed by atoms with Crippen LogP contribution in [0.25, 0.3) is 0 Å². The smallest absolute Gasteiger partial charge is 0.242 e. The first-order chi connectivity index (χ1) is 8.91. The number of likely N-dealkylation sites (tertiary alicyclic amines) is 2. The van der Waals surface area contributed by atoms with E-state index in [4.69, 9.17) is 5.73 Å². The van der Waals surface area contributed by atoms with Gasteiger partial charge in [-0.15, -0.1) is 0 Å². The largest absolute Gasteiger partial charge is 0.340 e. The number of nitrogens with two attached hydrogens (primary N) is 1. The second kappa shape index (κ2) is 5.41. The Kier molecular flexibility index (Phi) is 4.21. The molecular weight excluding hydrogens is 238 g/mol. The van der Waals surface area contributed by atoms with Gasteiger partial charge in [-0.1, -0.05) is 13.8 Å². The molecule has 0 radical (unpaired) electrons. The van der Waals surface area contributed by atoms with Crippen molar-refractivity contribution in [1.29, 1.82) is 0 Å². The van der Waals surface area contributed by atoms with Gasteiger partial charge in [0.15, 0.2) is 0 Å². The van der Waals surface area contributed by atoms with Crippen molar-refractivity contribution in [2.24, 2.45) is 17.6 Å². The van der Waals surface area contributed by atoms with E-state index in [9.17, 15) is 4.79 Å². The van der Waals surface area contributed by atoms with Gasteiger partial charge in [-0.3, -0.25) is 4.79 Å². The first-order valence-corrected chi connectivity index (χ1v) is 7.73. The van der Waals surface area contributed by atoms with Crippen molar-refractivity contribution in [3.05, 3.63) is 0 Å². The predicted octanol–water partition coefficient (Wildman–Crippen LogP) is 1.30. The monoisotopic (exact) mass is 267 g/mol. The van der Waals surface area contributed by atoms with Gasteiger partial charge < -0.3 is 15.5 Å². The third-order valence-electron chi connectivity index (χ3n) is 5.22. The zero-order valence-electron chi connectivity index (χ0n) is 12.9.